The first kappa shape index (κ1) is 26.2. The molecule has 0 aromatic heterocycles. The van der Waals surface area contributed by atoms with E-state index in [-0.39, 0.29) is 11.5 Å². The van der Waals surface area contributed by atoms with E-state index in [9.17, 15) is 22.0 Å². The van der Waals surface area contributed by atoms with Crippen molar-refractivity contribution in [3.05, 3.63) is 70.0 Å². The van der Waals surface area contributed by atoms with Gasteiger partial charge in [0.25, 0.3) is 0 Å². The monoisotopic (exact) mass is 479 g/mol. The van der Waals surface area contributed by atoms with Gasteiger partial charge in [-0.15, -0.1) is 0 Å². The van der Waals surface area contributed by atoms with E-state index in [0.29, 0.717) is 11.5 Å². The fourth-order valence-corrected chi connectivity index (χ4v) is 4.78. The van der Waals surface area contributed by atoms with Gasteiger partial charge in [0.1, 0.15) is 29.1 Å². The van der Waals surface area contributed by atoms with Crippen LogP contribution in [0.4, 0.5) is 22.0 Å². The van der Waals surface area contributed by atoms with Crippen LogP contribution in [0.5, 0.6) is 0 Å². The van der Waals surface area contributed by atoms with E-state index in [0.717, 1.165) is 49.9 Å². The molecule has 1 aliphatic rings. The van der Waals surface area contributed by atoms with Crippen molar-refractivity contribution < 1.29 is 26.7 Å². The third kappa shape index (κ3) is 6.15. The van der Waals surface area contributed by atoms with E-state index in [1.54, 1.807) is 0 Å². The lowest BCUT2D eigenvalue weighted by atomic mass is 9.77. The highest BCUT2D eigenvalue weighted by Crippen LogP contribution is 2.41. The molecule has 2 nitrogen and oxygen atoms in total. The third-order valence-corrected chi connectivity index (χ3v) is 6.81. The average Bonchev–Trinajstić information content (AvgIpc) is 2.79. The van der Waals surface area contributed by atoms with Crippen LogP contribution in [-0.2, 0) is 10.8 Å². The molecule has 2 aromatic rings. The summed E-state index contributed by atoms with van der Waals surface area (Å²) in [5.74, 6) is -2.59. The van der Waals surface area contributed by atoms with Crippen LogP contribution in [0.25, 0.3) is 0 Å². The molecular weight excluding hydrogens is 449 g/mol. The van der Waals surface area contributed by atoms with Crippen molar-refractivity contribution in [3.63, 3.8) is 0 Å². The maximum Gasteiger partial charge on any atom is 0.386 e. The number of halogens is 5. The summed E-state index contributed by atoms with van der Waals surface area (Å²) in [6, 6.07) is 6.60. The van der Waals surface area contributed by atoms with Crippen molar-refractivity contribution in [2.24, 2.45) is 5.92 Å². The Labute approximate surface area is 197 Å². The maximum atomic E-state index is 14.8. The Hall–Kier alpha value is -2.46. The van der Waals surface area contributed by atoms with E-state index < -0.39 is 40.8 Å². The molecule has 0 aliphatic heterocycles. The molecule has 1 saturated carbocycles. The molecule has 1 aliphatic carbocycles. The predicted octanol–water partition coefficient (Wildman–Crippen LogP) is 8.66. The minimum Gasteiger partial charge on any atom is -0.309 e. The van der Waals surface area contributed by atoms with Crippen LogP contribution in [0.3, 0.4) is 0 Å². The zero-order valence-corrected chi connectivity index (χ0v) is 19.5. The van der Waals surface area contributed by atoms with Crippen molar-refractivity contribution in [1.82, 2.24) is 0 Å². The number of nitriles is 1. The highest BCUT2D eigenvalue weighted by molar-refractivity contribution is 5.36. The van der Waals surface area contributed by atoms with E-state index in [2.05, 4.69) is 6.92 Å². The molecule has 1 fully saturated rings. The number of hydrogen-bond acceptors (Lipinski definition) is 2. The van der Waals surface area contributed by atoms with Gasteiger partial charge in [-0.3, -0.25) is 0 Å². The lowest BCUT2D eigenvalue weighted by Crippen LogP contribution is -2.22. The maximum absolute atomic E-state index is 14.8. The van der Waals surface area contributed by atoms with Gasteiger partial charge < -0.3 is 4.74 Å². The number of rotatable bonds is 9. The summed E-state index contributed by atoms with van der Waals surface area (Å²) < 4.78 is 76.7. The standard InChI is InChI=1S/C27H30F5NO/c1-3-4-5-6-18-7-9-19(10-8-18)20-11-12-23(26(30)13-20)27(31,32)34-17(2)21-14-24(28)22(16-33)25(29)15-21/h11-15,17-19H,3-10H2,1-2H3. The fraction of sp³-hybridized carbons (Fsp3) is 0.519. The molecule has 0 bridgehead atoms. The van der Waals surface area contributed by atoms with Gasteiger partial charge in [-0.2, -0.15) is 14.0 Å². The Morgan fingerprint density at radius 3 is 2.21 bits per heavy atom. The van der Waals surface area contributed by atoms with Crippen LogP contribution < -0.4 is 0 Å². The van der Waals surface area contributed by atoms with Gasteiger partial charge in [0.2, 0.25) is 0 Å². The van der Waals surface area contributed by atoms with E-state index in [1.807, 2.05) is 0 Å². The lowest BCUT2D eigenvalue weighted by molar-refractivity contribution is -0.273. The van der Waals surface area contributed by atoms with Crippen molar-refractivity contribution in [2.45, 2.75) is 83.3 Å². The summed E-state index contributed by atoms with van der Waals surface area (Å²) in [6.07, 6.45) is 3.34. The quantitative estimate of drug-likeness (QED) is 0.266. The number of benzene rings is 2. The summed E-state index contributed by atoms with van der Waals surface area (Å²) in [5.41, 5.74) is -1.25. The smallest absolute Gasteiger partial charge is 0.309 e. The van der Waals surface area contributed by atoms with Crippen LogP contribution in [-0.4, -0.2) is 0 Å². The Morgan fingerprint density at radius 1 is 1.00 bits per heavy atom. The predicted molar refractivity (Wildman–Crippen MR) is 120 cm³/mol. The summed E-state index contributed by atoms with van der Waals surface area (Å²) in [4.78, 5) is 0. The zero-order valence-electron chi connectivity index (χ0n) is 19.5. The summed E-state index contributed by atoms with van der Waals surface area (Å²) >= 11 is 0. The second kappa shape index (κ2) is 11.3. The van der Waals surface area contributed by atoms with Crippen molar-refractivity contribution in [1.29, 1.82) is 5.26 Å². The summed E-state index contributed by atoms with van der Waals surface area (Å²) in [7, 11) is 0. The van der Waals surface area contributed by atoms with Gasteiger partial charge >= 0.3 is 6.11 Å². The van der Waals surface area contributed by atoms with Gasteiger partial charge in [0.05, 0.1) is 11.7 Å². The van der Waals surface area contributed by atoms with Crippen molar-refractivity contribution in [3.8, 4) is 6.07 Å². The molecular formula is C27H30F5NO. The number of nitrogens with zero attached hydrogens (tertiary/aromatic N) is 1. The summed E-state index contributed by atoms with van der Waals surface area (Å²) in [6.45, 7) is 3.36. The molecule has 0 spiro atoms. The zero-order chi connectivity index (χ0) is 24.9. The third-order valence-electron chi connectivity index (χ3n) is 6.81. The minimum atomic E-state index is -4.01. The Morgan fingerprint density at radius 2 is 1.65 bits per heavy atom. The second-order valence-electron chi connectivity index (χ2n) is 9.20. The van der Waals surface area contributed by atoms with Gasteiger partial charge in [-0.25, -0.2) is 13.2 Å². The summed E-state index contributed by atoms with van der Waals surface area (Å²) in [5, 5.41) is 8.74. The van der Waals surface area contributed by atoms with Crippen LogP contribution >= 0.6 is 0 Å². The van der Waals surface area contributed by atoms with Crippen LogP contribution in [0, 0.1) is 34.7 Å². The number of unbranched alkanes of at least 4 members (excludes halogenated alkanes) is 2. The molecule has 0 N–H and O–H groups in total. The first-order chi connectivity index (χ1) is 16.2. The molecule has 3 rings (SSSR count). The van der Waals surface area contributed by atoms with E-state index >= 15 is 0 Å². The average molecular weight is 480 g/mol. The van der Waals surface area contributed by atoms with Crippen LogP contribution in [0.2, 0.25) is 0 Å². The molecule has 1 atom stereocenters. The SMILES string of the molecule is CCCCCC1CCC(c2ccc(C(F)(F)OC(C)c3cc(F)c(C#N)c(F)c3)c(F)c2)CC1. The first-order valence-electron chi connectivity index (χ1n) is 11.9. The number of hydrogen-bond donors (Lipinski definition) is 0. The topological polar surface area (TPSA) is 33.0 Å². The van der Waals surface area contributed by atoms with Gasteiger partial charge in [-0.05, 0) is 79.8 Å². The molecule has 0 amide bonds. The highest BCUT2D eigenvalue weighted by Gasteiger charge is 2.39. The van der Waals surface area contributed by atoms with Gasteiger partial charge in [0.15, 0.2) is 0 Å². The fourth-order valence-electron chi connectivity index (χ4n) is 4.78. The van der Waals surface area contributed by atoms with Crippen LogP contribution in [0.1, 0.15) is 99.5 Å². The van der Waals surface area contributed by atoms with Gasteiger partial charge in [0, 0.05) is 0 Å². The molecule has 0 radical (unpaired) electrons. The van der Waals surface area contributed by atoms with Crippen molar-refractivity contribution >= 4 is 0 Å². The number of ether oxygens (including phenoxy) is 1. The molecule has 2 aromatic carbocycles. The Kier molecular flexibility index (Phi) is 8.70. The molecule has 0 heterocycles. The molecule has 184 valence electrons. The second-order valence-corrected chi connectivity index (χ2v) is 9.20. The van der Waals surface area contributed by atoms with Gasteiger partial charge in [-0.1, -0.05) is 38.7 Å². The largest absolute Gasteiger partial charge is 0.386 e. The highest BCUT2D eigenvalue weighted by atomic mass is 19.3. The molecule has 0 saturated heterocycles. The molecule has 34 heavy (non-hydrogen) atoms. The normalized spacial score (nSPS) is 19.6. The molecule has 1 unspecified atom stereocenters. The number of alkyl halides is 2. The van der Waals surface area contributed by atoms with E-state index in [4.69, 9.17) is 10.00 Å². The van der Waals surface area contributed by atoms with Crippen molar-refractivity contribution in [2.75, 3.05) is 0 Å². The lowest BCUT2D eigenvalue weighted by Gasteiger charge is -2.29. The van der Waals surface area contributed by atoms with E-state index in [1.165, 1.54) is 44.7 Å². The molecule has 7 heteroatoms. The Balaban J connectivity index is 1.67. The van der Waals surface area contributed by atoms with Crippen LogP contribution in [0.15, 0.2) is 30.3 Å². The minimum absolute atomic E-state index is 0.143. The first-order valence-corrected chi connectivity index (χ1v) is 11.9. The Bertz CT molecular complexity index is 1000.